The largest absolute Gasteiger partial charge is 0.490 e. The number of carbonyl (C=O) groups excluding carboxylic acids is 1. The van der Waals surface area contributed by atoms with Crippen LogP contribution in [0.2, 0.25) is 0 Å². The second-order valence-corrected chi connectivity index (χ2v) is 5.42. The maximum Gasteiger partial charge on any atom is 0.490 e. The zero-order valence-corrected chi connectivity index (χ0v) is 13.6. The van der Waals surface area contributed by atoms with Gasteiger partial charge in [-0.15, -0.1) is 0 Å². The maximum atomic E-state index is 11.2. The number of aromatic amines is 1. The molecule has 8 N–H and O–H groups in total. The Morgan fingerprint density at radius 1 is 1.19 bits per heavy atom. The Kier molecular flexibility index (Phi) is 6.54. The van der Waals surface area contributed by atoms with Gasteiger partial charge in [-0.1, -0.05) is 0 Å². The Labute approximate surface area is 149 Å². The predicted octanol–water partition coefficient (Wildman–Crippen LogP) is 0.347. The number of hydrogen-bond acceptors (Lipinski definition) is 4. The molecule has 148 valence electrons. The number of aromatic nitrogens is 1. The van der Waals surface area contributed by atoms with Crippen LogP contribution in [-0.4, -0.2) is 51.2 Å². The number of carboxylic acid groups (broad SMARTS) is 2. The molecule has 1 aliphatic heterocycles. The van der Waals surface area contributed by atoms with Gasteiger partial charge in [0.05, 0.1) is 0 Å². The van der Waals surface area contributed by atoms with Crippen molar-refractivity contribution in [2.45, 2.75) is 18.6 Å². The third kappa shape index (κ3) is 4.74. The van der Waals surface area contributed by atoms with E-state index < -0.39 is 30.1 Å². The lowest BCUT2D eigenvalue weighted by Gasteiger charge is -2.20. The van der Waals surface area contributed by atoms with E-state index in [1.807, 2.05) is 0 Å². The first-order valence-corrected chi connectivity index (χ1v) is 7.23. The van der Waals surface area contributed by atoms with Crippen LogP contribution in [-0.2, 0) is 16.0 Å². The van der Waals surface area contributed by atoms with Gasteiger partial charge in [0, 0.05) is 28.7 Å². The molecule has 0 bridgehead atoms. The predicted molar refractivity (Wildman–Crippen MR) is 86.2 cm³/mol. The molecule has 2 heterocycles. The number of primary amides is 1. The average Bonchev–Trinajstić information content (AvgIpc) is 2.91. The fraction of sp³-hybridized carbons (Fsp3) is 0.267. The Balaban J connectivity index is 0.000000395. The van der Waals surface area contributed by atoms with E-state index in [9.17, 15) is 27.9 Å². The normalized spacial score (nSPS) is 15.7. The van der Waals surface area contributed by atoms with Gasteiger partial charge in [-0.3, -0.25) is 14.9 Å². The minimum atomic E-state index is -5.08. The highest BCUT2D eigenvalue weighted by Gasteiger charge is 2.38. The molecule has 9 nitrogen and oxygen atoms in total. The van der Waals surface area contributed by atoms with Crippen LogP contribution in [0.1, 0.15) is 27.7 Å². The van der Waals surface area contributed by atoms with Crippen molar-refractivity contribution >= 4 is 28.7 Å². The van der Waals surface area contributed by atoms with Gasteiger partial charge >= 0.3 is 18.1 Å². The molecule has 1 amide bonds. The smallest absolute Gasteiger partial charge is 0.480 e. The lowest BCUT2D eigenvalue weighted by atomic mass is 9.98. The van der Waals surface area contributed by atoms with Crippen molar-refractivity contribution in [1.29, 1.82) is 0 Å². The molecule has 2 aromatic rings. The lowest BCUT2D eigenvalue weighted by Crippen LogP contribution is -2.34. The Morgan fingerprint density at radius 2 is 1.78 bits per heavy atom. The summed E-state index contributed by atoms with van der Waals surface area (Å²) in [7, 11) is 0. The van der Waals surface area contributed by atoms with Gasteiger partial charge in [0.1, 0.15) is 6.04 Å². The molecule has 27 heavy (non-hydrogen) atoms. The number of halogens is 3. The number of carboxylic acids is 2. The van der Waals surface area contributed by atoms with Crippen LogP contribution in [0.25, 0.3) is 10.9 Å². The van der Waals surface area contributed by atoms with E-state index >= 15 is 0 Å². The third-order valence-corrected chi connectivity index (χ3v) is 3.73. The molecule has 1 aromatic heterocycles. The molecule has 1 aliphatic rings. The number of amides is 1. The van der Waals surface area contributed by atoms with Crippen molar-refractivity contribution < 1.29 is 43.2 Å². The summed E-state index contributed by atoms with van der Waals surface area (Å²) in [6, 6.07) is 4.38. The van der Waals surface area contributed by atoms with E-state index in [2.05, 4.69) is 10.3 Å². The molecule has 0 saturated heterocycles. The highest BCUT2D eigenvalue weighted by molar-refractivity contribution is 5.98. The summed E-state index contributed by atoms with van der Waals surface area (Å²) < 4.78 is 31.7. The topological polar surface area (TPSA) is 177 Å². The van der Waals surface area contributed by atoms with Crippen LogP contribution < -0.4 is 11.1 Å². The number of rotatable bonds is 2. The van der Waals surface area contributed by atoms with Crippen molar-refractivity contribution in [3.05, 3.63) is 35.0 Å². The second kappa shape index (κ2) is 8.05. The van der Waals surface area contributed by atoms with Crippen molar-refractivity contribution in [2.75, 3.05) is 6.54 Å². The minimum absolute atomic E-state index is 0. The Morgan fingerprint density at radius 3 is 2.26 bits per heavy atom. The number of nitrogens with two attached hydrogens (primary N) is 1. The van der Waals surface area contributed by atoms with Crippen molar-refractivity contribution in [1.82, 2.24) is 10.3 Å². The van der Waals surface area contributed by atoms with E-state index in [1.54, 1.807) is 18.2 Å². The second-order valence-electron chi connectivity index (χ2n) is 5.42. The summed E-state index contributed by atoms with van der Waals surface area (Å²) in [6.45, 7) is 0.595. The van der Waals surface area contributed by atoms with Gasteiger partial charge in [0.2, 0.25) is 5.91 Å². The summed E-state index contributed by atoms with van der Waals surface area (Å²) in [5.41, 5.74) is 8.13. The molecule has 0 saturated carbocycles. The molecule has 3 rings (SSSR count). The van der Waals surface area contributed by atoms with Crippen LogP contribution in [0.3, 0.4) is 0 Å². The van der Waals surface area contributed by atoms with Crippen molar-refractivity contribution in [2.24, 2.45) is 5.73 Å². The summed E-state index contributed by atoms with van der Waals surface area (Å²) in [5.74, 6) is -4.16. The zero-order chi connectivity index (χ0) is 19.6. The highest BCUT2D eigenvalue weighted by atomic mass is 19.4. The molecule has 12 heteroatoms. The first-order chi connectivity index (χ1) is 12.0. The Bertz CT molecular complexity index is 878. The SMILES string of the molecule is NC(=O)c1ccc2[nH]c3c(c2c1)CCNC3C(=O)O.O.O=C(O)C(F)(F)F. The van der Waals surface area contributed by atoms with Gasteiger partial charge in [-0.25, -0.2) is 4.79 Å². The number of alkyl halides is 3. The van der Waals surface area contributed by atoms with Gasteiger partial charge in [0.15, 0.2) is 0 Å². The van der Waals surface area contributed by atoms with Crippen LogP contribution >= 0.6 is 0 Å². The summed E-state index contributed by atoms with van der Waals surface area (Å²) >= 11 is 0. The molecular weight excluding hydrogens is 375 g/mol. The van der Waals surface area contributed by atoms with Crippen molar-refractivity contribution in [3.63, 3.8) is 0 Å². The minimum Gasteiger partial charge on any atom is -0.480 e. The number of nitrogens with one attached hydrogen (secondary N) is 2. The quantitative estimate of drug-likeness (QED) is 0.493. The molecule has 0 aliphatic carbocycles. The molecule has 0 fully saturated rings. The molecule has 0 spiro atoms. The third-order valence-electron chi connectivity index (χ3n) is 3.73. The van der Waals surface area contributed by atoms with Crippen LogP contribution in [0.4, 0.5) is 13.2 Å². The number of hydrogen-bond donors (Lipinski definition) is 5. The molecule has 1 unspecified atom stereocenters. The first-order valence-electron chi connectivity index (χ1n) is 7.23. The van der Waals surface area contributed by atoms with Crippen LogP contribution in [0, 0.1) is 0 Å². The van der Waals surface area contributed by atoms with E-state index in [0.29, 0.717) is 17.8 Å². The number of benzene rings is 1. The lowest BCUT2D eigenvalue weighted by molar-refractivity contribution is -0.192. The van der Waals surface area contributed by atoms with Gasteiger partial charge < -0.3 is 26.4 Å². The van der Waals surface area contributed by atoms with Crippen LogP contribution in [0.5, 0.6) is 0 Å². The highest BCUT2D eigenvalue weighted by Crippen LogP contribution is 2.30. The summed E-state index contributed by atoms with van der Waals surface area (Å²) in [5, 5.41) is 20.1. The summed E-state index contributed by atoms with van der Waals surface area (Å²) in [6.07, 6.45) is -4.36. The standard InChI is InChI=1S/C13H13N3O3.C2HF3O2.H2O/c14-12(17)6-1-2-9-8(5-6)7-3-4-15-11(13(18)19)10(7)16-9;3-2(4,5)1(6)7;/h1-2,5,11,15-16H,3-4H2,(H2,14,17)(H,18,19);(H,6,7);1H2. The van der Waals surface area contributed by atoms with Crippen molar-refractivity contribution in [3.8, 4) is 0 Å². The number of fused-ring (bicyclic) bond motifs is 3. The molecule has 1 atom stereocenters. The fourth-order valence-corrected chi connectivity index (χ4v) is 2.59. The van der Waals surface area contributed by atoms with E-state index in [1.165, 1.54) is 0 Å². The monoisotopic (exact) mass is 391 g/mol. The molecule has 1 aromatic carbocycles. The number of H-pyrrole nitrogens is 1. The van der Waals surface area contributed by atoms with Gasteiger partial charge in [-0.2, -0.15) is 13.2 Å². The van der Waals surface area contributed by atoms with Crippen LogP contribution in [0.15, 0.2) is 18.2 Å². The van der Waals surface area contributed by atoms with Gasteiger partial charge in [0.25, 0.3) is 0 Å². The maximum absolute atomic E-state index is 11.2. The summed E-state index contributed by atoms with van der Waals surface area (Å²) in [4.78, 5) is 34.4. The zero-order valence-electron chi connectivity index (χ0n) is 13.6. The fourth-order valence-electron chi connectivity index (χ4n) is 2.59. The van der Waals surface area contributed by atoms with Gasteiger partial charge in [-0.05, 0) is 30.2 Å². The molecule has 0 radical (unpaired) electrons. The molecular formula is C15H16F3N3O6. The number of carbonyl (C=O) groups is 3. The van der Waals surface area contributed by atoms with E-state index in [0.717, 1.165) is 22.9 Å². The first kappa shape index (κ1) is 21.9. The van der Waals surface area contributed by atoms with E-state index in [-0.39, 0.29) is 5.48 Å². The Hall–Kier alpha value is -3.12. The average molecular weight is 391 g/mol. The van der Waals surface area contributed by atoms with E-state index in [4.69, 9.17) is 15.6 Å². The number of aliphatic carboxylic acids is 2.